The molecule has 8 heteroatoms. The molecule has 8 nitrogen and oxygen atoms in total. The van der Waals surface area contributed by atoms with E-state index in [0.717, 1.165) is 6.08 Å². The SMILES string of the molecule is O=C(O)/C=C/c1ccc(OC2O[C@H](CO)[C@@H](O)[C@H](O)[C@H]2O)cc1. The van der Waals surface area contributed by atoms with E-state index < -0.39 is 43.3 Å². The van der Waals surface area contributed by atoms with Crippen molar-refractivity contribution < 1.29 is 39.8 Å². The van der Waals surface area contributed by atoms with E-state index in [2.05, 4.69) is 0 Å². The number of carbonyl (C=O) groups is 1. The van der Waals surface area contributed by atoms with Gasteiger partial charge in [-0.2, -0.15) is 0 Å². The molecule has 1 aliphatic rings. The zero-order chi connectivity index (χ0) is 17.0. The standard InChI is InChI=1S/C15H18O8/c16-7-10-12(19)13(20)14(21)15(23-10)22-9-4-1-8(2-5-9)3-6-11(17)18/h1-6,10,12-16,19-21H,7H2,(H,17,18)/b6-3+/t10-,12-,13+,14-,15?/m1/s1. The summed E-state index contributed by atoms with van der Waals surface area (Å²) in [5.41, 5.74) is 0.633. The van der Waals surface area contributed by atoms with Gasteiger partial charge in [-0.05, 0) is 23.8 Å². The summed E-state index contributed by atoms with van der Waals surface area (Å²) in [5.74, 6) is -0.756. The van der Waals surface area contributed by atoms with Crippen molar-refractivity contribution in [1.82, 2.24) is 0 Å². The summed E-state index contributed by atoms with van der Waals surface area (Å²) in [7, 11) is 0. The van der Waals surface area contributed by atoms with Gasteiger partial charge >= 0.3 is 5.97 Å². The molecule has 0 amide bonds. The summed E-state index contributed by atoms with van der Waals surface area (Å²) in [4.78, 5) is 10.4. The Hall–Kier alpha value is -1.97. The fraction of sp³-hybridized carbons (Fsp3) is 0.400. The zero-order valence-electron chi connectivity index (χ0n) is 12.0. The van der Waals surface area contributed by atoms with Gasteiger partial charge in [-0.1, -0.05) is 12.1 Å². The second kappa shape index (κ2) is 7.53. The van der Waals surface area contributed by atoms with Gasteiger partial charge in [0.15, 0.2) is 0 Å². The van der Waals surface area contributed by atoms with Crippen molar-refractivity contribution in [2.24, 2.45) is 0 Å². The number of aliphatic carboxylic acids is 1. The molecule has 126 valence electrons. The fourth-order valence-electron chi connectivity index (χ4n) is 2.12. The maximum Gasteiger partial charge on any atom is 0.328 e. The molecule has 1 saturated heterocycles. The molecule has 0 radical (unpaired) electrons. The number of carboxylic acid groups (broad SMARTS) is 1. The Bertz CT molecular complexity index is 553. The van der Waals surface area contributed by atoms with Crippen LogP contribution in [0.25, 0.3) is 6.08 Å². The van der Waals surface area contributed by atoms with Crippen LogP contribution in [0.2, 0.25) is 0 Å². The van der Waals surface area contributed by atoms with Gasteiger partial charge in [0.2, 0.25) is 6.29 Å². The number of hydrogen-bond acceptors (Lipinski definition) is 7. The first-order valence-electron chi connectivity index (χ1n) is 6.90. The van der Waals surface area contributed by atoms with E-state index in [1.54, 1.807) is 12.1 Å². The number of aliphatic hydroxyl groups is 4. The minimum absolute atomic E-state index is 0.307. The van der Waals surface area contributed by atoms with Crippen LogP contribution in [0.15, 0.2) is 30.3 Å². The largest absolute Gasteiger partial charge is 0.478 e. The lowest BCUT2D eigenvalue weighted by Gasteiger charge is -2.39. The highest BCUT2D eigenvalue weighted by Crippen LogP contribution is 2.24. The normalized spacial score (nSPS) is 31.2. The number of benzene rings is 1. The first-order chi connectivity index (χ1) is 10.9. The van der Waals surface area contributed by atoms with Crippen molar-refractivity contribution in [3.05, 3.63) is 35.9 Å². The van der Waals surface area contributed by atoms with Crippen LogP contribution in [0.4, 0.5) is 0 Å². The molecular formula is C15H18O8. The van der Waals surface area contributed by atoms with E-state index in [4.69, 9.17) is 19.7 Å². The smallest absolute Gasteiger partial charge is 0.328 e. The van der Waals surface area contributed by atoms with Gasteiger partial charge in [-0.3, -0.25) is 0 Å². The molecular weight excluding hydrogens is 308 g/mol. The molecule has 2 rings (SSSR count). The molecule has 0 saturated carbocycles. The summed E-state index contributed by atoms with van der Waals surface area (Å²) >= 11 is 0. The second-order valence-corrected chi connectivity index (χ2v) is 5.06. The van der Waals surface area contributed by atoms with Crippen LogP contribution in [-0.2, 0) is 9.53 Å². The van der Waals surface area contributed by atoms with Crippen LogP contribution in [0.3, 0.4) is 0 Å². The minimum atomic E-state index is -1.51. The van der Waals surface area contributed by atoms with Gasteiger partial charge in [0.1, 0.15) is 30.2 Å². The van der Waals surface area contributed by atoms with Gasteiger partial charge in [0, 0.05) is 6.08 Å². The molecule has 0 spiro atoms. The van der Waals surface area contributed by atoms with Gasteiger partial charge in [-0.25, -0.2) is 4.79 Å². The molecule has 1 aromatic carbocycles. The van der Waals surface area contributed by atoms with Crippen LogP contribution in [-0.4, -0.2) is 68.8 Å². The third-order valence-electron chi connectivity index (χ3n) is 3.40. The first-order valence-corrected chi connectivity index (χ1v) is 6.90. The van der Waals surface area contributed by atoms with Crippen LogP contribution in [0.5, 0.6) is 5.75 Å². The quantitative estimate of drug-likeness (QED) is 0.433. The van der Waals surface area contributed by atoms with Crippen molar-refractivity contribution in [3.8, 4) is 5.75 Å². The summed E-state index contributed by atoms with van der Waals surface area (Å²) in [5, 5.41) is 46.9. The highest BCUT2D eigenvalue weighted by Gasteiger charge is 2.44. The maximum atomic E-state index is 10.4. The predicted molar refractivity (Wildman–Crippen MR) is 77.5 cm³/mol. The lowest BCUT2D eigenvalue weighted by Crippen LogP contribution is -2.60. The molecule has 0 aliphatic carbocycles. The number of carboxylic acids is 1. The van der Waals surface area contributed by atoms with Gasteiger partial charge < -0.3 is 35.0 Å². The van der Waals surface area contributed by atoms with E-state index in [0.29, 0.717) is 11.3 Å². The Kier molecular flexibility index (Phi) is 5.69. The Morgan fingerprint density at radius 1 is 1.13 bits per heavy atom. The van der Waals surface area contributed by atoms with Crippen molar-refractivity contribution in [3.63, 3.8) is 0 Å². The Balaban J connectivity index is 2.04. The lowest BCUT2D eigenvalue weighted by molar-refractivity contribution is -0.277. The van der Waals surface area contributed by atoms with Crippen molar-refractivity contribution in [1.29, 1.82) is 0 Å². The van der Waals surface area contributed by atoms with Crippen LogP contribution in [0, 0.1) is 0 Å². The third-order valence-corrected chi connectivity index (χ3v) is 3.40. The van der Waals surface area contributed by atoms with E-state index in [1.807, 2.05) is 0 Å². The lowest BCUT2D eigenvalue weighted by atomic mass is 9.99. The zero-order valence-corrected chi connectivity index (χ0v) is 12.0. The average Bonchev–Trinajstić information content (AvgIpc) is 2.54. The van der Waals surface area contributed by atoms with Gasteiger partial charge in [0.25, 0.3) is 0 Å². The molecule has 0 aromatic heterocycles. The minimum Gasteiger partial charge on any atom is -0.478 e. The average molecular weight is 326 g/mol. The van der Waals surface area contributed by atoms with Crippen LogP contribution >= 0.6 is 0 Å². The van der Waals surface area contributed by atoms with Crippen molar-refractivity contribution in [2.75, 3.05) is 6.61 Å². The number of ether oxygens (including phenoxy) is 2. The van der Waals surface area contributed by atoms with E-state index >= 15 is 0 Å². The van der Waals surface area contributed by atoms with Crippen LogP contribution in [0.1, 0.15) is 5.56 Å². The molecule has 5 N–H and O–H groups in total. The van der Waals surface area contributed by atoms with Crippen LogP contribution < -0.4 is 4.74 Å². The molecule has 1 unspecified atom stereocenters. The number of hydrogen-bond donors (Lipinski definition) is 5. The molecule has 23 heavy (non-hydrogen) atoms. The Morgan fingerprint density at radius 3 is 2.35 bits per heavy atom. The molecule has 0 bridgehead atoms. The molecule has 1 fully saturated rings. The third kappa shape index (κ3) is 4.27. The molecule has 1 aliphatic heterocycles. The number of rotatable bonds is 5. The van der Waals surface area contributed by atoms with Gasteiger partial charge in [0.05, 0.1) is 6.61 Å². The molecule has 1 aromatic rings. The van der Waals surface area contributed by atoms with Crippen molar-refractivity contribution in [2.45, 2.75) is 30.7 Å². The Morgan fingerprint density at radius 2 is 1.78 bits per heavy atom. The van der Waals surface area contributed by atoms with Gasteiger partial charge in [-0.15, -0.1) is 0 Å². The molecule has 5 atom stereocenters. The highest BCUT2D eigenvalue weighted by molar-refractivity contribution is 5.85. The summed E-state index contributed by atoms with van der Waals surface area (Å²) < 4.78 is 10.6. The summed E-state index contributed by atoms with van der Waals surface area (Å²) in [6, 6.07) is 6.25. The van der Waals surface area contributed by atoms with E-state index in [-0.39, 0.29) is 0 Å². The fourth-order valence-corrected chi connectivity index (χ4v) is 2.12. The highest BCUT2D eigenvalue weighted by atomic mass is 16.7. The monoisotopic (exact) mass is 326 g/mol. The second-order valence-electron chi connectivity index (χ2n) is 5.06. The molecule has 1 heterocycles. The number of aliphatic hydroxyl groups excluding tert-OH is 4. The topological polar surface area (TPSA) is 137 Å². The predicted octanol–water partition coefficient (Wildman–Crippen LogP) is -1.04. The Labute approximate surface area is 131 Å². The van der Waals surface area contributed by atoms with Crippen molar-refractivity contribution >= 4 is 12.0 Å². The summed E-state index contributed by atoms with van der Waals surface area (Å²) in [6.45, 7) is -0.538. The maximum absolute atomic E-state index is 10.4. The van der Waals surface area contributed by atoms with E-state index in [9.17, 15) is 20.1 Å². The van der Waals surface area contributed by atoms with E-state index in [1.165, 1.54) is 18.2 Å². The first kappa shape index (κ1) is 17.4. The summed E-state index contributed by atoms with van der Waals surface area (Å²) in [6.07, 6.45) is -4.35.